The zero-order valence-corrected chi connectivity index (χ0v) is 26.0. The van der Waals surface area contributed by atoms with Gasteiger partial charge in [0.1, 0.15) is 23.3 Å². The van der Waals surface area contributed by atoms with E-state index in [1.807, 2.05) is 54.6 Å². The van der Waals surface area contributed by atoms with Crippen LogP contribution < -0.4 is 19.6 Å². The van der Waals surface area contributed by atoms with E-state index in [1.54, 1.807) is 43.7 Å². The molecule has 0 unspecified atom stereocenters. The van der Waals surface area contributed by atoms with E-state index in [2.05, 4.69) is 20.9 Å². The number of hydrogen-bond donors (Lipinski definition) is 0. The van der Waals surface area contributed by atoms with Gasteiger partial charge < -0.3 is 13.9 Å². The Labute approximate surface area is 258 Å². The summed E-state index contributed by atoms with van der Waals surface area (Å²) < 4.78 is 20.1. The number of esters is 1. The number of nitrogens with zero attached hydrogens (tertiary/aromatic N) is 2. The van der Waals surface area contributed by atoms with Gasteiger partial charge in [-0.05, 0) is 70.9 Å². The van der Waals surface area contributed by atoms with Gasteiger partial charge in [0.25, 0.3) is 5.56 Å². The lowest BCUT2D eigenvalue weighted by Crippen LogP contribution is -2.40. The maximum absolute atomic E-state index is 14.1. The van der Waals surface area contributed by atoms with Crippen LogP contribution in [0.3, 0.4) is 0 Å². The summed E-state index contributed by atoms with van der Waals surface area (Å²) in [6, 6.07) is 20.0. The topological polar surface area (TPSA) is 83.0 Å². The second-order valence-corrected chi connectivity index (χ2v) is 11.8. The normalized spacial score (nSPS) is 15.1. The summed E-state index contributed by atoms with van der Waals surface area (Å²) in [5, 5.41) is 2.37. The Kier molecular flexibility index (Phi) is 7.66. The van der Waals surface area contributed by atoms with Gasteiger partial charge >= 0.3 is 5.97 Å². The van der Waals surface area contributed by atoms with Crippen LogP contribution in [0.1, 0.15) is 31.2 Å². The highest BCUT2D eigenvalue weighted by atomic mass is 79.9. The smallest absolute Gasteiger partial charge is 0.338 e. The molecule has 6 rings (SSSR count). The van der Waals surface area contributed by atoms with Crippen molar-refractivity contribution in [2.45, 2.75) is 19.9 Å². The maximum atomic E-state index is 14.1. The summed E-state index contributed by atoms with van der Waals surface area (Å²) in [5.74, 6) is 1.13. The van der Waals surface area contributed by atoms with Crippen molar-refractivity contribution >= 4 is 61.7 Å². The quantitative estimate of drug-likeness (QED) is 0.190. The Hall–Kier alpha value is -3.92. The number of halogens is 2. The molecule has 0 bridgehead atoms. The van der Waals surface area contributed by atoms with Crippen molar-refractivity contribution in [1.29, 1.82) is 0 Å². The van der Waals surface area contributed by atoms with Crippen LogP contribution in [0.2, 0.25) is 5.02 Å². The minimum atomic E-state index is -0.819. The third-order valence-electron chi connectivity index (χ3n) is 7.05. The molecule has 212 valence electrons. The van der Waals surface area contributed by atoms with E-state index >= 15 is 0 Å². The predicted molar refractivity (Wildman–Crippen MR) is 168 cm³/mol. The highest BCUT2D eigenvalue weighted by molar-refractivity contribution is 9.10. The summed E-state index contributed by atoms with van der Waals surface area (Å²) in [7, 11) is 1.57. The molecule has 10 heteroatoms. The summed E-state index contributed by atoms with van der Waals surface area (Å²) in [5.41, 5.74) is 1.96. The first-order valence-corrected chi connectivity index (χ1v) is 15.1. The van der Waals surface area contributed by atoms with Crippen LogP contribution in [0, 0.1) is 0 Å². The molecule has 0 N–H and O–H groups in total. The maximum Gasteiger partial charge on any atom is 0.338 e. The molecule has 42 heavy (non-hydrogen) atoms. The number of fused-ring (bicyclic) bond motifs is 2. The minimum absolute atomic E-state index is 0.184. The summed E-state index contributed by atoms with van der Waals surface area (Å²) >= 11 is 10.9. The van der Waals surface area contributed by atoms with E-state index < -0.39 is 12.0 Å². The van der Waals surface area contributed by atoms with Crippen LogP contribution in [-0.2, 0) is 9.53 Å². The van der Waals surface area contributed by atoms with Gasteiger partial charge in [-0.15, -0.1) is 0 Å². The zero-order chi connectivity index (χ0) is 29.5. The molecule has 5 aromatic rings. The molecule has 7 nitrogen and oxygen atoms in total. The van der Waals surface area contributed by atoms with Crippen molar-refractivity contribution in [3.8, 4) is 17.1 Å². The van der Waals surface area contributed by atoms with Crippen LogP contribution in [0.15, 0.2) is 96.7 Å². The lowest BCUT2D eigenvalue weighted by Gasteiger charge is -2.27. The number of hydrogen-bond acceptors (Lipinski definition) is 7. The molecule has 1 aliphatic heterocycles. The monoisotopic (exact) mass is 662 g/mol. The van der Waals surface area contributed by atoms with Gasteiger partial charge in [-0.2, -0.15) is 0 Å². The standard InChI is InChI=1S/C32H24BrClN2O5S/c1-4-40-31(38)27-17(2)35-32-36(29(27)28-21-8-6-5-7-18(21)10-13-25(28)39-3)30(37)26(42-32)16-20-11-14-24(41-20)19-9-12-22(33)23(34)15-19/h5-16,29H,4H2,1-3H3/b26-16-/t29-/m0/s1. The molecule has 1 atom stereocenters. The van der Waals surface area contributed by atoms with E-state index in [1.165, 1.54) is 11.3 Å². The third-order valence-corrected chi connectivity index (χ3v) is 9.26. The second kappa shape index (κ2) is 11.4. The molecule has 3 aromatic carbocycles. The van der Waals surface area contributed by atoms with Gasteiger partial charge in [0, 0.05) is 21.7 Å². The number of methoxy groups -OCH3 is 1. The first-order chi connectivity index (χ1) is 20.3. The number of thiazole rings is 1. The van der Waals surface area contributed by atoms with Gasteiger partial charge in [0.05, 0.1) is 34.5 Å². The van der Waals surface area contributed by atoms with E-state index in [0.717, 1.165) is 20.8 Å². The van der Waals surface area contributed by atoms with Gasteiger partial charge in [0.15, 0.2) is 4.80 Å². The number of benzene rings is 3. The zero-order valence-electron chi connectivity index (χ0n) is 22.8. The Morgan fingerprint density at radius 2 is 1.98 bits per heavy atom. The van der Waals surface area contributed by atoms with Gasteiger partial charge in [-0.1, -0.05) is 59.3 Å². The van der Waals surface area contributed by atoms with Crippen molar-refractivity contribution in [3.05, 3.63) is 119 Å². The van der Waals surface area contributed by atoms with E-state index in [0.29, 0.717) is 42.9 Å². The molecular formula is C32H24BrClN2O5S. The van der Waals surface area contributed by atoms with Gasteiger partial charge in [-0.25, -0.2) is 9.79 Å². The average molecular weight is 664 g/mol. The first-order valence-electron chi connectivity index (χ1n) is 13.1. The largest absolute Gasteiger partial charge is 0.496 e. The Balaban J connectivity index is 1.56. The highest BCUT2D eigenvalue weighted by Gasteiger charge is 2.36. The van der Waals surface area contributed by atoms with Crippen LogP contribution in [0.25, 0.3) is 28.2 Å². The average Bonchev–Trinajstić information content (AvgIpc) is 3.57. The Bertz CT molecular complexity index is 2090. The minimum Gasteiger partial charge on any atom is -0.496 e. The number of carbonyl (C=O) groups is 1. The van der Waals surface area contributed by atoms with Crippen molar-refractivity contribution < 1.29 is 18.7 Å². The molecule has 0 saturated heterocycles. The van der Waals surface area contributed by atoms with Gasteiger partial charge in [0.2, 0.25) is 0 Å². The number of aromatic nitrogens is 1. The third kappa shape index (κ3) is 4.91. The molecule has 0 spiro atoms. The molecule has 0 fully saturated rings. The fourth-order valence-corrected chi connectivity index (χ4v) is 6.62. The van der Waals surface area contributed by atoms with Gasteiger partial charge in [-0.3, -0.25) is 9.36 Å². The fraction of sp³-hybridized carbons (Fsp3) is 0.156. The number of ether oxygens (including phenoxy) is 2. The van der Waals surface area contributed by atoms with Crippen LogP contribution in [-0.4, -0.2) is 24.3 Å². The summed E-state index contributed by atoms with van der Waals surface area (Å²) in [4.78, 5) is 32.7. The lowest BCUT2D eigenvalue weighted by molar-refractivity contribution is -0.139. The highest BCUT2D eigenvalue weighted by Crippen LogP contribution is 2.40. The molecule has 0 saturated carbocycles. The molecule has 0 radical (unpaired) electrons. The van der Waals surface area contributed by atoms with Crippen LogP contribution >= 0.6 is 38.9 Å². The molecular weight excluding hydrogens is 640 g/mol. The van der Waals surface area contributed by atoms with Crippen LogP contribution in [0.5, 0.6) is 5.75 Å². The SMILES string of the molecule is CCOC(=O)C1=C(C)N=c2s/c(=C\c3ccc(-c4ccc(Br)c(Cl)c4)o3)c(=O)n2[C@@H]1c1c(OC)ccc2ccccc12. The Morgan fingerprint density at radius 1 is 1.17 bits per heavy atom. The summed E-state index contributed by atoms with van der Waals surface area (Å²) in [6.45, 7) is 3.69. The van der Waals surface area contributed by atoms with E-state index in [-0.39, 0.29) is 17.7 Å². The number of allylic oxidation sites excluding steroid dienone is 1. The van der Waals surface area contributed by atoms with Crippen molar-refractivity contribution in [3.63, 3.8) is 0 Å². The molecule has 1 aliphatic rings. The number of carbonyl (C=O) groups excluding carboxylic acids is 1. The van der Waals surface area contributed by atoms with E-state index in [9.17, 15) is 9.59 Å². The van der Waals surface area contributed by atoms with Crippen LogP contribution in [0.4, 0.5) is 0 Å². The predicted octanol–water partition coefficient (Wildman–Crippen LogP) is 6.64. The lowest BCUT2D eigenvalue weighted by atomic mass is 9.90. The van der Waals surface area contributed by atoms with E-state index in [4.69, 9.17) is 25.5 Å². The molecule has 0 amide bonds. The van der Waals surface area contributed by atoms with Crippen molar-refractivity contribution in [1.82, 2.24) is 4.57 Å². The first kappa shape index (κ1) is 28.2. The molecule has 2 aromatic heterocycles. The number of rotatable bonds is 6. The fourth-order valence-electron chi connectivity index (χ4n) is 5.16. The van der Waals surface area contributed by atoms with Crippen molar-refractivity contribution in [2.24, 2.45) is 4.99 Å². The second-order valence-electron chi connectivity index (χ2n) is 9.54. The molecule has 0 aliphatic carbocycles. The summed E-state index contributed by atoms with van der Waals surface area (Å²) in [6.07, 6.45) is 1.69. The Morgan fingerprint density at radius 3 is 2.74 bits per heavy atom. The van der Waals surface area contributed by atoms with Crippen molar-refractivity contribution in [2.75, 3.05) is 13.7 Å². The molecule has 3 heterocycles. The number of furan rings is 1.